The van der Waals surface area contributed by atoms with Crippen molar-refractivity contribution >= 4 is 29.5 Å². The van der Waals surface area contributed by atoms with Crippen LogP contribution < -0.4 is 0 Å². The number of carbonyl (C=O) groups excluding carboxylic acids is 1. The van der Waals surface area contributed by atoms with E-state index in [4.69, 9.17) is 9.84 Å². The van der Waals surface area contributed by atoms with Gasteiger partial charge < -0.3 is 9.84 Å². The van der Waals surface area contributed by atoms with Gasteiger partial charge in [-0.25, -0.2) is 0 Å². The second-order valence-corrected chi connectivity index (χ2v) is 10.6. The summed E-state index contributed by atoms with van der Waals surface area (Å²) in [5, 5.41) is 8.77. The van der Waals surface area contributed by atoms with E-state index in [0.717, 1.165) is 5.75 Å². The molecule has 1 N–H and O–H groups in total. The number of esters is 1. The summed E-state index contributed by atoms with van der Waals surface area (Å²) in [5.74, 6) is 0.632. The van der Waals surface area contributed by atoms with Crippen LogP contribution in [-0.4, -0.2) is 40.4 Å². The van der Waals surface area contributed by atoms with Gasteiger partial charge in [-0.15, -0.1) is 23.5 Å². The molecule has 0 aliphatic carbocycles. The maximum absolute atomic E-state index is 11.7. The quantitative estimate of drug-likeness (QED) is 0.117. The molecule has 0 aliphatic rings. The second-order valence-electron chi connectivity index (χ2n) is 7.69. The molecule has 0 unspecified atom stereocenters. The number of ether oxygens (including phenoxy) is 1. The lowest BCUT2D eigenvalue weighted by molar-refractivity contribution is -0.144. The van der Waals surface area contributed by atoms with Crippen molar-refractivity contribution in [3.05, 3.63) is 0 Å². The number of carbonyl (C=O) groups is 1. The molecule has 0 spiro atoms. The first-order valence-electron chi connectivity index (χ1n) is 11.6. The van der Waals surface area contributed by atoms with Crippen LogP contribution in [0.2, 0.25) is 0 Å². The lowest BCUT2D eigenvalue weighted by Gasteiger charge is -2.32. The highest BCUT2D eigenvalue weighted by molar-refractivity contribution is 8.17. The minimum atomic E-state index is -0.185. The third-order valence-corrected chi connectivity index (χ3v) is 8.57. The molecule has 0 aromatic rings. The number of thioether (sulfide) groups is 2. The largest absolute Gasteiger partial charge is 0.463 e. The van der Waals surface area contributed by atoms with Crippen molar-refractivity contribution in [1.82, 2.24) is 0 Å². The standard InChI is InChI=1S/C23H46O3S2/c1-4-6-8-10-12-14-17-23(27-3,18-15-13-11-9-7-5-2)28-21-16-22(25)26-20-19-24/h24H,4-21H2,1-3H3. The van der Waals surface area contributed by atoms with Gasteiger partial charge in [-0.2, -0.15) is 0 Å². The van der Waals surface area contributed by atoms with Gasteiger partial charge in [0.1, 0.15) is 6.61 Å². The minimum Gasteiger partial charge on any atom is -0.463 e. The van der Waals surface area contributed by atoms with Crippen molar-refractivity contribution in [2.24, 2.45) is 0 Å². The van der Waals surface area contributed by atoms with Crippen LogP contribution in [0.3, 0.4) is 0 Å². The topological polar surface area (TPSA) is 46.5 Å². The van der Waals surface area contributed by atoms with E-state index in [2.05, 4.69) is 20.1 Å². The van der Waals surface area contributed by atoms with E-state index in [-0.39, 0.29) is 23.3 Å². The maximum atomic E-state index is 11.7. The number of aliphatic hydroxyl groups excluding tert-OH is 1. The van der Waals surface area contributed by atoms with Crippen LogP contribution in [0.25, 0.3) is 0 Å². The van der Waals surface area contributed by atoms with E-state index in [1.807, 2.05) is 23.5 Å². The molecule has 0 aromatic heterocycles. The van der Waals surface area contributed by atoms with E-state index in [9.17, 15) is 4.79 Å². The van der Waals surface area contributed by atoms with Crippen molar-refractivity contribution < 1.29 is 14.6 Å². The average Bonchev–Trinajstić information content (AvgIpc) is 2.71. The van der Waals surface area contributed by atoms with Crippen LogP contribution in [0.5, 0.6) is 0 Å². The Balaban J connectivity index is 4.39. The Hall–Kier alpha value is 0.130. The Labute approximate surface area is 183 Å². The lowest BCUT2D eigenvalue weighted by Crippen LogP contribution is -2.21. The molecule has 0 aromatic carbocycles. The maximum Gasteiger partial charge on any atom is 0.306 e. The van der Waals surface area contributed by atoms with Crippen LogP contribution in [0.15, 0.2) is 0 Å². The van der Waals surface area contributed by atoms with Crippen LogP contribution in [0.1, 0.15) is 110 Å². The highest BCUT2D eigenvalue weighted by Gasteiger charge is 2.29. The average molecular weight is 435 g/mol. The summed E-state index contributed by atoms with van der Waals surface area (Å²) in [6, 6.07) is 0. The molecule has 0 radical (unpaired) electrons. The van der Waals surface area contributed by atoms with Crippen molar-refractivity contribution in [2.45, 2.75) is 114 Å². The van der Waals surface area contributed by atoms with Crippen molar-refractivity contribution in [3.8, 4) is 0 Å². The van der Waals surface area contributed by atoms with Gasteiger partial charge in [-0.05, 0) is 19.1 Å². The molecular weight excluding hydrogens is 388 g/mol. The summed E-state index contributed by atoms with van der Waals surface area (Å²) in [4.78, 5) is 11.7. The van der Waals surface area contributed by atoms with Crippen molar-refractivity contribution in [2.75, 3.05) is 25.2 Å². The number of unbranched alkanes of at least 4 members (excludes halogenated alkanes) is 10. The molecule has 28 heavy (non-hydrogen) atoms. The third kappa shape index (κ3) is 16.0. The zero-order valence-electron chi connectivity index (χ0n) is 18.8. The SMILES string of the molecule is CCCCCCCCC(CCCCCCCC)(SC)SCCC(=O)OCCO. The first-order chi connectivity index (χ1) is 13.6. The Bertz CT molecular complexity index is 335. The van der Waals surface area contributed by atoms with E-state index in [0.29, 0.717) is 6.42 Å². The third-order valence-electron chi connectivity index (χ3n) is 5.22. The Morgan fingerprint density at radius 1 is 0.857 bits per heavy atom. The first-order valence-corrected chi connectivity index (χ1v) is 13.8. The van der Waals surface area contributed by atoms with Gasteiger partial charge in [0.2, 0.25) is 0 Å². The fourth-order valence-corrected chi connectivity index (χ4v) is 6.07. The molecule has 0 saturated heterocycles. The summed E-state index contributed by atoms with van der Waals surface area (Å²) in [5.41, 5.74) is 0. The van der Waals surface area contributed by atoms with Crippen LogP contribution >= 0.6 is 23.5 Å². The van der Waals surface area contributed by atoms with Crippen molar-refractivity contribution in [3.63, 3.8) is 0 Å². The van der Waals surface area contributed by atoms with Gasteiger partial charge in [0, 0.05) is 5.75 Å². The fourth-order valence-electron chi connectivity index (χ4n) is 3.43. The molecule has 0 bridgehead atoms. The molecule has 0 fully saturated rings. The molecule has 168 valence electrons. The van der Waals surface area contributed by atoms with E-state index in [1.165, 1.54) is 89.9 Å². The predicted molar refractivity (Wildman–Crippen MR) is 127 cm³/mol. The van der Waals surface area contributed by atoms with Crippen LogP contribution in [-0.2, 0) is 9.53 Å². The first kappa shape index (κ1) is 28.1. The molecule has 0 atom stereocenters. The molecule has 5 heteroatoms. The number of aliphatic hydroxyl groups is 1. The highest BCUT2D eigenvalue weighted by Crippen LogP contribution is 2.45. The molecule has 0 aliphatic heterocycles. The second kappa shape index (κ2) is 20.4. The van der Waals surface area contributed by atoms with Gasteiger partial charge in [0.15, 0.2) is 0 Å². The Kier molecular flexibility index (Phi) is 20.5. The van der Waals surface area contributed by atoms with Gasteiger partial charge in [0.25, 0.3) is 0 Å². The summed E-state index contributed by atoms with van der Waals surface area (Å²) >= 11 is 3.96. The van der Waals surface area contributed by atoms with Crippen LogP contribution in [0.4, 0.5) is 0 Å². The van der Waals surface area contributed by atoms with Gasteiger partial charge in [-0.1, -0.05) is 90.9 Å². The van der Waals surface area contributed by atoms with E-state index < -0.39 is 0 Å². The smallest absolute Gasteiger partial charge is 0.306 e. The zero-order valence-corrected chi connectivity index (χ0v) is 20.4. The summed E-state index contributed by atoms with van der Waals surface area (Å²) in [6.07, 6.45) is 21.2. The molecule has 0 rings (SSSR count). The predicted octanol–water partition coefficient (Wildman–Crippen LogP) is 7.21. The molecule has 0 amide bonds. The number of rotatable bonds is 21. The van der Waals surface area contributed by atoms with Crippen LogP contribution in [0, 0.1) is 0 Å². The Morgan fingerprint density at radius 3 is 1.82 bits per heavy atom. The normalized spacial score (nSPS) is 11.7. The minimum absolute atomic E-state index is 0.0936. The van der Waals surface area contributed by atoms with E-state index >= 15 is 0 Å². The van der Waals surface area contributed by atoms with Crippen molar-refractivity contribution in [1.29, 1.82) is 0 Å². The number of hydrogen-bond donors (Lipinski definition) is 1. The molecular formula is C23H46O3S2. The molecule has 3 nitrogen and oxygen atoms in total. The summed E-state index contributed by atoms with van der Waals surface area (Å²) in [7, 11) is 0. The van der Waals surface area contributed by atoms with Gasteiger partial charge in [-0.3, -0.25) is 4.79 Å². The summed E-state index contributed by atoms with van der Waals surface area (Å²) in [6.45, 7) is 4.55. The van der Waals surface area contributed by atoms with Gasteiger partial charge >= 0.3 is 5.97 Å². The zero-order chi connectivity index (χ0) is 20.9. The number of hydrogen-bond acceptors (Lipinski definition) is 5. The Morgan fingerprint density at radius 2 is 1.36 bits per heavy atom. The lowest BCUT2D eigenvalue weighted by atomic mass is 10.0. The van der Waals surface area contributed by atoms with Gasteiger partial charge in [0.05, 0.1) is 17.1 Å². The molecule has 0 heterocycles. The highest BCUT2D eigenvalue weighted by atomic mass is 32.2. The van der Waals surface area contributed by atoms with E-state index in [1.54, 1.807) is 0 Å². The summed E-state index contributed by atoms with van der Waals surface area (Å²) < 4.78 is 5.25. The monoisotopic (exact) mass is 434 g/mol. The molecule has 0 saturated carbocycles. The fraction of sp³-hybridized carbons (Fsp3) is 0.957.